The zero-order chi connectivity index (χ0) is 15.0. The molecule has 0 fully saturated rings. The lowest BCUT2D eigenvalue weighted by Crippen LogP contribution is -2.48. The van der Waals surface area contributed by atoms with Gasteiger partial charge in [-0.1, -0.05) is 34.1 Å². The second-order valence-corrected chi connectivity index (χ2v) is 5.58. The number of para-hydroxylation sites is 1. The summed E-state index contributed by atoms with van der Waals surface area (Å²) in [6.45, 7) is 0. The van der Waals surface area contributed by atoms with Crippen LogP contribution >= 0.6 is 15.9 Å². The van der Waals surface area contributed by atoms with Crippen LogP contribution in [0.3, 0.4) is 0 Å². The van der Waals surface area contributed by atoms with Crippen LogP contribution in [-0.2, 0) is 11.2 Å². The molecule has 0 bridgehead atoms. The van der Waals surface area contributed by atoms with E-state index in [4.69, 9.17) is 5.84 Å². The van der Waals surface area contributed by atoms with Gasteiger partial charge in [0.1, 0.15) is 0 Å². The molecule has 0 radical (unpaired) electrons. The van der Waals surface area contributed by atoms with Gasteiger partial charge in [0.05, 0.1) is 17.8 Å². The van der Waals surface area contributed by atoms with Gasteiger partial charge in [-0.3, -0.25) is 4.79 Å². The zero-order valence-corrected chi connectivity index (χ0v) is 12.6. The van der Waals surface area contributed by atoms with E-state index in [1.807, 2.05) is 12.1 Å². The van der Waals surface area contributed by atoms with Gasteiger partial charge in [0.25, 0.3) is 0 Å². The topological polar surface area (TPSA) is 66.6 Å². The molecule has 1 aliphatic rings. The van der Waals surface area contributed by atoms with Gasteiger partial charge in [-0.25, -0.2) is 20.5 Å². The second kappa shape index (κ2) is 5.31. The number of amides is 3. The molecule has 0 unspecified atom stereocenters. The highest BCUT2D eigenvalue weighted by Gasteiger charge is 2.34. The Balaban J connectivity index is 1.94. The summed E-state index contributed by atoms with van der Waals surface area (Å²) in [7, 11) is 0. The van der Waals surface area contributed by atoms with Gasteiger partial charge >= 0.3 is 6.03 Å². The fraction of sp³-hybridized carbons (Fsp3) is 0.0667. The molecule has 3 amide bonds. The van der Waals surface area contributed by atoms with Crippen molar-refractivity contribution in [1.29, 1.82) is 0 Å². The van der Waals surface area contributed by atoms with Crippen LogP contribution in [0.5, 0.6) is 0 Å². The van der Waals surface area contributed by atoms with Crippen LogP contribution in [0, 0.1) is 0 Å². The average molecular weight is 346 g/mol. The number of rotatable bonds is 1. The number of hydrazine groups is 1. The first-order valence-electron chi connectivity index (χ1n) is 6.33. The minimum absolute atomic E-state index is 0.198. The number of benzene rings is 2. The molecule has 2 N–H and O–H groups in total. The molecule has 0 aliphatic carbocycles. The van der Waals surface area contributed by atoms with E-state index in [1.165, 1.54) is 0 Å². The second-order valence-electron chi connectivity index (χ2n) is 4.67. The highest BCUT2D eigenvalue weighted by Crippen LogP contribution is 2.32. The Kier molecular flexibility index (Phi) is 3.48. The van der Waals surface area contributed by atoms with Crippen molar-refractivity contribution < 1.29 is 9.59 Å². The number of nitrogens with zero attached hydrogens (tertiary/aromatic N) is 2. The number of nitrogens with two attached hydrogens (primary N) is 1. The number of anilines is 2. The number of hydrogen-bond acceptors (Lipinski definition) is 3. The fourth-order valence-electron chi connectivity index (χ4n) is 2.31. The Labute approximate surface area is 130 Å². The Morgan fingerprint density at radius 3 is 2.62 bits per heavy atom. The maximum Gasteiger partial charge on any atom is 0.350 e. The maximum absolute atomic E-state index is 12.5. The van der Waals surface area contributed by atoms with Crippen LogP contribution in [0.2, 0.25) is 0 Å². The van der Waals surface area contributed by atoms with Crippen molar-refractivity contribution in [2.75, 3.05) is 9.91 Å². The molecule has 21 heavy (non-hydrogen) atoms. The van der Waals surface area contributed by atoms with Crippen molar-refractivity contribution in [3.63, 3.8) is 0 Å². The first kappa shape index (κ1) is 13.8. The van der Waals surface area contributed by atoms with Crippen molar-refractivity contribution in [3.8, 4) is 0 Å². The average Bonchev–Trinajstić information content (AvgIpc) is 2.81. The Morgan fingerprint density at radius 2 is 1.90 bits per heavy atom. The number of hydrogen-bond donors (Lipinski definition) is 1. The van der Waals surface area contributed by atoms with Crippen LogP contribution < -0.4 is 15.8 Å². The largest absolute Gasteiger partial charge is 0.350 e. The normalized spacial score (nSPS) is 13.2. The number of urea groups is 1. The van der Waals surface area contributed by atoms with Crippen LogP contribution in [0.1, 0.15) is 5.56 Å². The molecule has 0 saturated carbocycles. The molecule has 2 aromatic carbocycles. The molecule has 0 saturated heterocycles. The number of carbonyl (C=O) groups is 2. The van der Waals surface area contributed by atoms with E-state index in [0.717, 1.165) is 19.9 Å². The maximum atomic E-state index is 12.5. The summed E-state index contributed by atoms with van der Waals surface area (Å²) in [5.74, 6) is 5.57. The molecule has 6 heteroatoms. The van der Waals surface area contributed by atoms with Gasteiger partial charge in [0, 0.05) is 4.47 Å². The van der Waals surface area contributed by atoms with Crippen molar-refractivity contribution in [2.24, 2.45) is 5.84 Å². The predicted molar refractivity (Wildman–Crippen MR) is 83.8 cm³/mol. The summed E-state index contributed by atoms with van der Waals surface area (Å²) in [5, 5.41) is 0.981. The molecule has 1 aliphatic heterocycles. The van der Waals surface area contributed by atoms with Crippen LogP contribution in [0.25, 0.3) is 0 Å². The number of fused-ring (bicyclic) bond motifs is 1. The summed E-state index contributed by atoms with van der Waals surface area (Å²) in [6, 6.07) is 13.6. The molecular formula is C15H12BrN3O2. The smallest absolute Gasteiger partial charge is 0.274 e. The standard InChI is InChI=1S/C15H12BrN3O2/c16-11-6-7-13-10(8-11)9-14(20)18(13)15(21)19(17)12-4-2-1-3-5-12/h1-8H,9,17H2. The highest BCUT2D eigenvalue weighted by atomic mass is 79.9. The minimum Gasteiger partial charge on any atom is -0.274 e. The van der Waals surface area contributed by atoms with E-state index in [-0.39, 0.29) is 12.3 Å². The zero-order valence-electron chi connectivity index (χ0n) is 11.0. The molecule has 5 nitrogen and oxygen atoms in total. The summed E-state index contributed by atoms with van der Waals surface area (Å²) in [4.78, 5) is 25.7. The van der Waals surface area contributed by atoms with Crippen LogP contribution in [-0.4, -0.2) is 11.9 Å². The van der Waals surface area contributed by atoms with E-state index < -0.39 is 6.03 Å². The highest BCUT2D eigenvalue weighted by molar-refractivity contribution is 9.10. The molecule has 2 aromatic rings. The third-order valence-corrected chi connectivity index (χ3v) is 3.80. The first-order valence-corrected chi connectivity index (χ1v) is 7.12. The van der Waals surface area contributed by atoms with E-state index in [0.29, 0.717) is 11.4 Å². The molecule has 0 spiro atoms. The molecule has 1 heterocycles. The lowest BCUT2D eigenvalue weighted by Gasteiger charge is -2.23. The predicted octanol–water partition coefficient (Wildman–Crippen LogP) is 2.84. The van der Waals surface area contributed by atoms with Crippen LogP contribution in [0.15, 0.2) is 53.0 Å². The van der Waals surface area contributed by atoms with Crippen molar-refractivity contribution >= 4 is 39.2 Å². The van der Waals surface area contributed by atoms with E-state index >= 15 is 0 Å². The third-order valence-electron chi connectivity index (χ3n) is 3.31. The molecule has 0 aromatic heterocycles. The van der Waals surface area contributed by atoms with E-state index in [1.54, 1.807) is 36.4 Å². The Morgan fingerprint density at radius 1 is 1.19 bits per heavy atom. The summed E-state index contributed by atoms with van der Waals surface area (Å²) in [6.07, 6.45) is 0.198. The van der Waals surface area contributed by atoms with Crippen molar-refractivity contribution in [1.82, 2.24) is 0 Å². The van der Waals surface area contributed by atoms with Crippen LogP contribution in [0.4, 0.5) is 16.2 Å². The van der Waals surface area contributed by atoms with E-state index in [2.05, 4.69) is 15.9 Å². The summed E-state index contributed by atoms with van der Waals surface area (Å²) < 4.78 is 0.871. The van der Waals surface area contributed by atoms with Gasteiger partial charge in [0.2, 0.25) is 5.91 Å². The number of carbonyl (C=O) groups excluding carboxylic acids is 2. The summed E-state index contributed by atoms with van der Waals surface area (Å²) >= 11 is 3.36. The Bertz CT molecular complexity index is 718. The first-order chi connectivity index (χ1) is 10.1. The van der Waals surface area contributed by atoms with Gasteiger partial charge < -0.3 is 0 Å². The van der Waals surface area contributed by atoms with Gasteiger partial charge in [-0.05, 0) is 35.9 Å². The van der Waals surface area contributed by atoms with Crippen molar-refractivity contribution in [2.45, 2.75) is 6.42 Å². The summed E-state index contributed by atoms with van der Waals surface area (Å²) in [5.41, 5.74) is 1.92. The monoisotopic (exact) mass is 345 g/mol. The lowest BCUT2D eigenvalue weighted by atomic mass is 10.2. The fourth-order valence-corrected chi connectivity index (χ4v) is 2.72. The number of imide groups is 1. The van der Waals surface area contributed by atoms with Gasteiger partial charge in [-0.2, -0.15) is 0 Å². The minimum atomic E-state index is -0.563. The lowest BCUT2D eigenvalue weighted by molar-refractivity contribution is -0.116. The Hall–Kier alpha value is -2.18. The third kappa shape index (κ3) is 2.43. The van der Waals surface area contributed by atoms with Gasteiger partial charge in [0.15, 0.2) is 0 Å². The molecule has 3 rings (SSSR count). The molecule has 0 atom stereocenters. The molecular weight excluding hydrogens is 334 g/mol. The quantitative estimate of drug-likeness (QED) is 0.491. The molecule has 106 valence electrons. The van der Waals surface area contributed by atoms with Gasteiger partial charge in [-0.15, -0.1) is 0 Å². The number of halogens is 1. The SMILES string of the molecule is NN(C(=O)N1C(=O)Cc2cc(Br)ccc21)c1ccccc1. The van der Waals surface area contributed by atoms with Crippen molar-refractivity contribution in [3.05, 3.63) is 58.6 Å². The van der Waals surface area contributed by atoms with E-state index in [9.17, 15) is 9.59 Å².